The quantitative estimate of drug-likeness (QED) is 0.441. The minimum Gasteiger partial charge on any atom is -0.493 e. The summed E-state index contributed by atoms with van der Waals surface area (Å²) in [6.45, 7) is 11.9. The third kappa shape index (κ3) is 9.06. The van der Waals surface area contributed by atoms with Gasteiger partial charge in [0.2, 0.25) is 0 Å². The lowest BCUT2D eigenvalue weighted by Crippen LogP contribution is -2.41. The fraction of sp³-hybridized carbons (Fsp3) is 0.650. The maximum absolute atomic E-state index is 5.88. The zero-order valence-electron chi connectivity index (χ0n) is 17.1. The van der Waals surface area contributed by atoms with Gasteiger partial charge in [0.15, 0.2) is 5.96 Å². The van der Waals surface area contributed by atoms with Crippen LogP contribution in [0.25, 0.3) is 0 Å². The number of likely N-dealkylation sites (N-methyl/N-ethyl adjacent to an activating group) is 1. The van der Waals surface area contributed by atoms with Crippen LogP contribution in [0.3, 0.4) is 0 Å². The molecule has 6 heteroatoms. The average molecular weight is 365 g/mol. The van der Waals surface area contributed by atoms with Gasteiger partial charge in [0.05, 0.1) is 19.8 Å². The molecule has 0 aliphatic carbocycles. The van der Waals surface area contributed by atoms with Crippen molar-refractivity contribution in [3.8, 4) is 5.75 Å². The summed E-state index contributed by atoms with van der Waals surface area (Å²) in [6.07, 6.45) is 0.997. The molecule has 1 rings (SSSR count). The Morgan fingerprint density at radius 1 is 1.15 bits per heavy atom. The van der Waals surface area contributed by atoms with E-state index in [-0.39, 0.29) is 0 Å². The Bertz CT molecular complexity index is 535. The first-order valence-electron chi connectivity index (χ1n) is 9.52. The second kappa shape index (κ2) is 13.4. The Balaban J connectivity index is 2.62. The van der Waals surface area contributed by atoms with E-state index in [1.54, 1.807) is 7.11 Å². The Hall–Kier alpha value is -1.79. The molecule has 1 aromatic rings. The zero-order chi connectivity index (χ0) is 19.2. The van der Waals surface area contributed by atoms with Crippen molar-refractivity contribution in [2.75, 3.05) is 53.6 Å². The molecule has 0 unspecified atom stereocenters. The van der Waals surface area contributed by atoms with Crippen LogP contribution in [-0.2, 0) is 11.3 Å². The summed E-state index contributed by atoms with van der Waals surface area (Å²) < 4.78 is 11.0. The first-order valence-corrected chi connectivity index (χ1v) is 9.52. The number of ether oxygens (including phenoxy) is 2. The summed E-state index contributed by atoms with van der Waals surface area (Å²) in [6, 6.07) is 6.30. The average Bonchev–Trinajstić information content (AvgIpc) is 2.63. The molecule has 0 amide bonds. The van der Waals surface area contributed by atoms with Gasteiger partial charge in [-0.3, -0.25) is 0 Å². The van der Waals surface area contributed by atoms with Crippen LogP contribution in [0.4, 0.5) is 0 Å². The number of rotatable bonds is 12. The van der Waals surface area contributed by atoms with Crippen LogP contribution in [0.5, 0.6) is 5.75 Å². The number of aryl methyl sites for hydroxylation is 1. The topological polar surface area (TPSA) is 58.1 Å². The molecule has 148 valence electrons. The van der Waals surface area contributed by atoms with Gasteiger partial charge in [0.1, 0.15) is 5.75 Å². The van der Waals surface area contributed by atoms with E-state index in [1.807, 2.05) is 0 Å². The highest BCUT2D eigenvalue weighted by atomic mass is 16.5. The number of hydrogen-bond donors (Lipinski definition) is 2. The third-order valence-corrected chi connectivity index (χ3v) is 3.90. The van der Waals surface area contributed by atoms with Crippen LogP contribution in [0.1, 0.15) is 31.4 Å². The normalized spacial score (nSPS) is 11.7. The van der Waals surface area contributed by atoms with E-state index in [9.17, 15) is 0 Å². The summed E-state index contributed by atoms with van der Waals surface area (Å²) in [5.74, 6) is 1.76. The number of aliphatic imine (C=N–C) groups is 1. The van der Waals surface area contributed by atoms with Gasteiger partial charge in [0.25, 0.3) is 0 Å². The second-order valence-corrected chi connectivity index (χ2v) is 6.38. The first-order chi connectivity index (χ1) is 12.6. The molecule has 0 spiro atoms. The van der Waals surface area contributed by atoms with Crippen LogP contribution in [0, 0.1) is 6.92 Å². The predicted molar refractivity (Wildman–Crippen MR) is 109 cm³/mol. The van der Waals surface area contributed by atoms with Gasteiger partial charge in [-0.2, -0.15) is 0 Å². The van der Waals surface area contributed by atoms with Crippen molar-refractivity contribution in [1.29, 1.82) is 0 Å². The van der Waals surface area contributed by atoms with Gasteiger partial charge in [-0.15, -0.1) is 0 Å². The Morgan fingerprint density at radius 2 is 1.96 bits per heavy atom. The molecule has 0 aliphatic rings. The predicted octanol–water partition coefficient (Wildman–Crippen LogP) is 2.42. The van der Waals surface area contributed by atoms with E-state index in [1.165, 1.54) is 5.56 Å². The number of nitrogens with one attached hydrogen (secondary N) is 2. The van der Waals surface area contributed by atoms with Gasteiger partial charge in [-0.1, -0.05) is 19.1 Å². The smallest absolute Gasteiger partial charge is 0.191 e. The Kier molecular flexibility index (Phi) is 11.5. The molecule has 6 nitrogen and oxygen atoms in total. The number of benzene rings is 1. The molecule has 0 saturated carbocycles. The molecule has 26 heavy (non-hydrogen) atoms. The van der Waals surface area contributed by atoms with Crippen LogP contribution >= 0.6 is 0 Å². The van der Waals surface area contributed by atoms with Crippen molar-refractivity contribution in [2.45, 2.75) is 33.7 Å². The molecule has 0 fully saturated rings. The SMILES string of the molecule is CCCOc1cc(C)ccc1CN=C(NCC)NCCN(C)CCOC. The van der Waals surface area contributed by atoms with Crippen molar-refractivity contribution >= 4 is 5.96 Å². The minimum absolute atomic E-state index is 0.591. The molecule has 0 aromatic heterocycles. The van der Waals surface area contributed by atoms with Crippen LogP contribution < -0.4 is 15.4 Å². The molecule has 2 N–H and O–H groups in total. The summed E-state index contributed by atoms with van der Waals surface area (Å²) >= 11 is 0. The van der Waals surface area contributed by atoms with Crippen molar-refractivity contribution < 1.29 is 9.47 Å². The zero-order valence-corrected chi connectivity index (χ0v) is 17.1. The van der Waals surface area contributed by atoms with Crippen molar-refractivity contribution in [1.82, 2.24) is 15.5 Å². The van der Waals surface area contributed by atoms with Gasteiger partial charge in [0, 0.05) is 38.9 Å². The van der Waals surface area contributed by atoms with E-state index >= 15 is 0 Å². The molecule has 0 aliphatic heterocycles. The number of nitrogens with zero attached hydrogens (tertiary/aromatic N) is 2. The van der Waals surface area contributed by atoms with Crippen molar-refractivity contribution in [3.05, 3.63) is 29.3 Å². The maximum Gasteiger partial charge on any atom is 0.191 e. The molecule has 0 atom stereocenters. The van der Waals surface area contributed by atoms with Crippen molar-refractivity contribution in [2.24, 2.45) is 4.99 Å². The van der Waals surface area contributed by atoms with Crippen LogP contribution in [0.2, 0.25) is 0 Å². The fourth-order valence-corrected chi connectivity index (χ4v) is 2.37. The fourth-order valence-electron chi connectivity index (χ4n) is 2.37. The van der Waals surface area contributed by atoms with Crippen molar-refractivity contribution in [3.63, 3.8) is 0 Å². The lowest BCUT2D eigenvalue weighted by atomic mass is 10.1. The van der Waals surface area contributed by atoms with Crippen LogP contribution in [-0.4, -0.2) is 64.4 Å². The highest BCUT2D eigenvalue weighted by molar-refractivity contribution is 5.79. The molecule has 0 bridgehead atoms. The van der Waals surface area contributed by atoms with Gasteiger partial charge in [-0.05, 0) is 38.9 Å². The lowest BCUT2D eigenvalue weighted by molar-refractivity contribution is 0.162. The van der Waals surface area contributed by atoms with E-state index in [2.05, 4.69) is 61.6 Å². The number of guanidine groups is 1. The molecule has 0 heterocycles. The summed E-state index contributed by atoms with van der Waals surface area (Å²) in [5, 5.41) is 6.69. The lowest BCUT2D eigenvalue weighted by Gasteiger charge is -2.18. The molecule has 0 saturated heterocycles. The Labute approximate surface area is 159 Å². The van der Waals surface area contributed by atoms with E-state index in [0.717, 1.165) is 63.1 Å². The van der Waals surface area contributed by atoms with E-state index in [4.69, 9.17) is 14.5 Å². The summed E-state index contributed by atoms with van der Waals surface area (Å²) in [5.41, 5.74) is 2.31. The standard InChI is InChI=1S/C20H36N4O2/c1-6-13-26-19-15-17(3)8-9-18(19)16-23-20(21-7-2)22-10-11-24(4)12-14-25-5/h8-9,15H,6-7,10-14,16H2,1-5H3,(H2,21,22,23). The molecule has 1 aromatic carbocycles. The van der Waals surface area contributed by atoms with Crippen LogP contribution in [0.15, 0.2) is 23.2 Å². The monoisotopic (exact) mass is 364 g/mol. The summed E-state index contributed by atoms with van der Waals surface area (Å²) in [7, 11) is 3.82. The molecular weight excluding hydrogens is 328 g/mol. The highest BCUT2D eigenvalue weighted by Crippen LogP contribution is 2.21. The Morgan fingerprint density at radius 3 is 2.65 bits per heavy atom. The first kappa shape index (κ1) is 22.3. The third-order valence-electron chi connectivity index (χ3n) is 3.90. The minimum atomic E-state index is 0.591. The second-order valence-electron chi connectivity index (χ2n) is 6.38. The summed E-state index contributed by atoms with van der Waals surface area (Å²) in [4.78, 5) is 6.95. The number of hydrogen-bond acceptors (Lipinski definition) is 4. The van der Waals surface area contributed by atoms with Gasteiger partial charge < -0.3 is 25.0 Å². The largest absolute Gasteiger partial charge is 0.493 e. The molecule has 0 radical (unpaired) electrons. The van der Waals surface area contributed by atoms with Gasteiger partial charge >= 0.3 is 0 Å². The highest BCUT2D eigenvalue weighted by Gasteiger charge is 2.05. The maximum atomic E-state index is 5.88. The van der Waals surface area contributed by atoms with Gasteiger partial charge in [-0.25, -0.2) is 4.99 Å². The van der Waals surface area contributed by atoms with E-state index < -0.39 is 0 Å². The number of methoxy groups -OCH3 is 1. The van der Waals surface area contributed by atoms with E-state index in [0.29, 0.717) is 6.54 Å². The molecular formula is C20H36N4O2.